The van der Waals surface area contributed by atoms with Gasteiger partial charge in [0.25, 0.3) is 0 Å². The highest BCUT2D eigenvalue weighted by atomic mass is 16.6. The lowest BCUT2D eigenvalue weighted by molar-refractivity contribution is -0.165. The summed E-state index contributed by atoms with van der Waals surface area (Å²) < 4.78 is 14.8. The molecule has 0 aliphatic carbocycles. The molecule has 0 aromatic rings. The monoisotopic (exact) mass is 207 g/mol. The van der Waals surface area contributed by atoms with Crippen molar-refractivity contribution in [2.24, 2.45) is 5.73 Å². The molecule has 0 aromatic heterocycles. The van der Waals surface area contributed by atoms with Gasteiger partial charge in [-0.1, -0.05) is 0 Å². The third kappa shape index (κ3) is 3.22. The summed E-state index contributed by atoms with van der Waals surface area (Å²) >= 11 is 0. The van der Waals surface area contributed by atoms with E-state index in [0.29, 0.717) is 0 Å². The predicted molar refractivity (Wildman–Crippen MR) is 49.1 cm³/mol. The molecule has 0 aliphatic heterocycles. The van der Waals surface area contributed by atoms with Gasteiger partial charge in [0.15, 0.2) is 6.10 Å². The lowest BCUT2D eigenvalue weighted by Crippen LogP contribution is -2.48. The molecule has 0 saturated carbocycles. The van der Waals surface area contributed by atoms with E-state index >= 15 is 0 Å². The number of hydrogen-bond donors (Lipinski definition) is 2. The highest BCUT2D eigenvalue weighted by Gasteiger charge is 2.34. The maximum Gasteiger partial charge on any atom is 0.335 e. The summed E-state index contributed by atoms with van der Waals surface area (Å²) in [5.41, 5.74) is 5.40. The van der Waals surface area contributed by atoms with Gasteiger partial charge in [0.2, 0.25) is 0 Å². The van der Waals surface area contributed by atoms with Gasteiger partial charge < -0.3 is 25.1 Å². The average Bonchev–Trinajstić information content (AvgIpc) is 2.17. The van der Waals surface area contributed by atoms with Crippen LogP contribution in [0.3, 0.4) is 0 Å². The molecule has 0 unspecified atom stereocenters. The minimum Gasteiger partial charge on any atom is -0.479 e. The molecule has 84 valence electrons. The van der Waals surface area contributed by atoms with E-state index in [-0.39, 0.29) is 6.54 Å². The normalized spacial score (nSPS) is 17.4. The molecule has 3 atom stereocenters. The number of carboxylic acid groups (broad SMARTS) is 1. The van der Waals surface area contributed by atoms with E-state index in [1.807, 2.05) is 0 Å². The first kappa shape index (κ1) is 13.3. The van der Waals surface area contributed by atoms with Crippen molar-refractivity contribution in [2.75, 3.05) is 27.9 Å². The Labute approximate surface area is 82.9 Å². The Balaban J connectivity index is 4.56. The highest BCUT2D eigenvalue weighted by Crippen LogP contribution is 2.10. The van der Waals surface area contributed by atoms with Gasteiger partial charge in [-0.25, -0.2) is 4.79 Å². The lowest BCUT2D eigenvalue weighted by Gasteiger charge is -2.27. The van der Waals surface area contributed by atoms with Crippen molar-refractivity contribution in [1.82, 2.24) is 0 Å². The molecule has 0 fully saturated rings. The van der Waals surface area contributed by atoms with Crippen LogP contribution in [0.25, 0.3) is 0 Å². The molecular formula is C8H17NO5. The van der Waals surface area contributed by atoms with Crippen LogP contribution >= 0.6 is 0 Å². The fourth-order valence-corrected chi connectivity index (χ4v) is 1.21. The highest BCUT2D eigenvalue weighted by molar-refractivity contribution is 5.73. The Bertz CT molecular complexity index is 171. The number of rotatable bonds is 7. The van der Waals surface area contributed by atoms with Crippen molar-refractivity contribution in [3.63, 3.8) is 0 Å². The molecule has 0 aliphatic rings. The van der Waals surface area contributed by atoms with Gasteiger partial charge >= 0.3 is 5.97 Å². The van der Waals surface area contributed by atoms with Gasteiger partial charge in [-0.05, 0) is 0 Å². The van der Waals surface area contributed by atoms with Gasteiger partial charge in [-0.3, -0.25) is 0 Å². The van der Waals surface area contributed by atoms with E-state index in [0.717, 1.165) is 0 Å². The molecule has 0 saturated heterocycles. The topological polar surface area (TPSA) is 91.0 Å². The summed E-state index contributed by atoms with van der Waals surface area (Å²) in [6, 6.07) is 0. The number of hydrogen-bond acceptors (Lipinski definition) is 5. The first-order chi connectivity index (χ1) is 6.62. The predicted octanol–water partition coefficient (Wildman–Crippen LogP) is -0.925. The maximum absolute atomic E-state index is 10.8. The molecular weight excluding hydrogens is 190 g/mol. The summed E-state index contributed by atoms with van der Waals surface area (Å²) in [5.74, 6) is -1.10. The molecule has 14 heavy (non-hydrogen) atoms. The van der Waals surface area contributed by atoms with Gasteiger partial charge in [0, 0.05) is 27.9 Å². The van der Waals surface area contributed by atoms with Crippen LogP contribution < -0.4 is 5.73 Å². The van der Waals surface area contributed by atoms with E-state index in [4.69, 9.17) is 25.1 Å². The van der Waals surface area contributed by atoms with Crippen molar-refractivity contribution >= 4 is 5.97 Å². The van der Waals surface area contributed by atoms with E-state index in [1.54, 1.807) is 0 Å². The van der Waals surface area contributed by atoms with Crippen LogP contribution in [0.2, 0.25) is 0 Å². The van der Waals surface area contributed by atoms with Crippen LogP contribution in [-0.2, 0) is 19.0 Å². The van der Waals surface area contributed by atoms with Crippen LogP contribution in [0.5, 0.6) is 0 Å². The number of carboxylic acids is 1. The summed E-state index contributed by atoms with van der Waals surface area (Å²) in [6.07, 6.45) is -2.29. The number of methoxy groups -OCH3 is 3. The second-order valence-corrected chi connectivity index (χ2v) is 2.70. The molecule has 0 rings (SSSR count). The van der Waals surface area contributed by atoms with Crippen molar-refractivity contribution in [1.29, 1.82) is 0 Å². The van der Waals surface area contributed by atoms with E-state index in [9.17, 15) is 4.79 Å². The smallest absolute Gasteiger partial charge is 0.335 e. The molecule has 6 nitrogen and oxygen atoms in total. The van der Waals surface area contributed by atoms with Crippen LogP contribution in [0.4, 0.5) is 0 Å². The molecule has 0 amide bonds. The average molecular weight is 207 g/mol. The van der Waals surface area contributed by atoms with Crippen molar-refractivity contribution in [3.8, 4) is 0 Å². The third-order valence-corrected chi connectivity index (χ3v) is 1.97. The standard InChI is InChI=1S/C8H17NO5/c1-12-5(4-9)6(13-2)7(14-3)8(10)11/h5-7H,4,9H2,1-3H3,(H,10,11)/t5-,6+,7-/m1/s1. The van der Waals surface area contributed by atoms with Crippen LogP contribution in [0.1, 0.15) is 0 Å². The van der Waals surface area contributed by atoms with Crippen LogP contribution in [-0.4, -0.2) is 57.3 Å². The Morgan fingerprint density at radius 2 is 1.86 bits per heavy atom. The van der Waals surface area contributed by atoms with Crippen molar-refractivity contribution < 1.29 is 24.1 Å². The Morgan fingerprint density at radius 3 is 2.07 bits per heavy atom. The SMILES string of the molecule is CO[C@@H]([C@@H](CN)OC)[C@@H](OC)C(=O)O. The molecule has 0 radical (unpaired) electrons. The zero-order valence-corrected chi connectivity index (χ0v) is 8.60. The zero-order chi connectivity index (χ0) is 11.1. The molecule has 0 bridgehead atoms. The quantitative estimate of drug-likeness (QED) is 0.560. The minimum absolute atomic E-state index is 0.169. The molecule has 3 N–H and O–H groups in total. The van der Waals surface area contributed by atoms with Crippen LogP contribution in [0.15, 0.2) is 0 Å². The van der Waals surface area contributed by atoms with Gasteiger partial charge in [0.1, 0.15) is 6.10 Å². The second kappa shape index (κ2) is 6.72. The van der Waals surface area contributed by atoms with E-state index in [2.05, 4.69) is 0 Å². The zero-order valence-electron chi connectivity index (χ0n) is 8.60. The molecule has 6 heteroatoms. The summed E-state index contributed by atoms with van der Waals surface area (Å²) in [6.45, 7) is 0.169. The first-order valence-electron chi connectivity index (χ1n) is 4.13. The number of nitrogens with two attached hydrogens (primary N) is 1. The van der Waals surface area contributed by atoms with Crippen LogP contribution in [0, 0.1) is 0 Å². The number of aliphatic carboxylic acids is 1. The van der Waals surface area contributed by atoms with Crippen molar-refractivity contribution in [3.05, 3.63) is 0 Å². The lowest BCUT2D eigenvalue weighted by atomic mass is 10.1. The Morgan fingerprint density at radius 1 is 1.29 bits per heavy atom. The van der Waals surface area contributed by atoms with Gasteiger partial charge in [-0.15, -0.1) is 0 Å². The number of ether oxygens (including phenoxy) is 3. The molecule has 0 aromatic carbocycles. The second-order valence-electron chi connectivity index (χ2n) is 2.70. The van der Waals surface area contributed by atoms with E-state index in [1.165, 1.54) is 21.3 Å². The number of carbonyl (C=O) groups is 1. The fraction of sp³-hybridized carbons (Fsp3) is 0.875. The summed E-state index contributed by atoms with van der Waals surface area (Å²) in [4.78, 5) is 10.8. The maximum atomic E-state index is 10.8. The summed E-state index contributed by atoms with van der Waals surface area (Å²) in [7, 11) is 4.13. The Kier molecular flexibility index (Phi) is 6.39. The summed E-state index contributed by atoms with van der Waals surface area (Å²) in [5, 5.41) is 8.81. The van der Waals surface area contributed by atoms with E-state index < -0.39 is 24.3 Å². The molecule has 0 spiro atoms. The van der Waals surface area contributed by atoms with Gasteiger partial charge in [-0.2, -0.15) is 0 Å². The van der Waals surface area contributed by atoms with Crippen molar-refractivity contribution in [2.45, 2.75) is 18.3 Å². The Hall–Kier alpha value is -0.690. The van der Waals surface area contributed by atoms with Gasteiger partial charge in [0.05, 0.1) is 6.10 Å². The molecule has 0 heterocycles. The first-order valence-corrected chi connectivity index (χ1v) is 4.13. The third-order valence-electron chi connectivity index (χ3n) is 1.97. The largest absolute Gasteiger partial charge is 0.479 e. The minimum atomic E-state index is -1.10. The fourth-order valence-electron chi connectivity index (χ4n) is 1.21.